The smallest absolute Gasteiger partial charge is 0.335 e. The summed E-state index contributed by atoms with van der Waals surface area (Å²) in [5.41, 5.74) is 3.39. The van der Waals surface area contributed by atoms with Crippen LogP contribution >= 0.6 is 0 Å². The molecule has 2 aromatic carbocycles. The van der Waals surface area contributed by atoms with Gasteiger partial charge in [0.2, 0.25) is 0 Å². The monoisotopic (exact) mass is 425 g/mol. The minimum Gasteiger partial charge on any atom is -0.478 e. The molecule has 0 aromatic heterocycles. The van der Waals surface area contributed by atoms with Crippen LogP contribution in [0.1, 0.15) is 69.4 Å². The summed E-state index contributed by atoms with van der Waals surface area (Å²) >= 11 is 0. The number of carboxylic acid groups (broad SMARTS) is 1. The maximum absolute atomic E-state index is 12.0. The molecule has 168 valence electrons. The zero-order chi connectivity index (χ0) is 23.1. The Bertz CT molecular complexity index is 894. The summed E-state index contributed by atoms with van der Waals surface area (Å²) in [7, 11) is 0. The zero-order valence-corrected chi connectivity index (χ0v) is 19.5. The molecule has 0 aliphatic carbocycles. The van der Waals surface area contributed by atoms with Crippen molar-refractivity contribution in [3.63, 3.8) is 0 Å². The number of hydrogen-bond donors (Lipinski definition) is 1. The number of hydrogen-bond acceptors (Lipinski definition) is 4. The Labute approximate surface area is 186 Å². The van der Waals surface area contributed by atoms with Crippen molar-refractivity contribution in [3.05, 3.63) is 59.2 Å². The Morgan fingerprint density at radius 2 is 1.61 bits per heavy atom. The molecule has 0 saturated carbocycles. The van der Waals surface area contributed by atoms with E-state index in [4.69, 9.17) is 4.74 Å². The van der Waals surface area contributed by atoms with E-state index in [1.807, 2.05) is 0 Å². The van der Waals surface area contributed by atoms with Crippen molar-refractivity contribution in [1.82, 2.24) is 0 Å². The largest absolute Gasteiger partial charge is 0.478 e. The third-order valence-corrected chi connectivity index (χ3v) is 5.22. The molecule has 2 rings (SSSR count). The number of aryl methyl sites for hydroxylation is 2. The van der Waals surface area contributed by atoms with E-state index < -0.39 is 5.97 Å². The van der Waals surface area contributed by atoms with E-state index in [1.54, 1.807) is 26.0 Å². The first-order valence-corrected chi connectivity index (χ1v) is 11.0. The summed E-state index contributed by atoms with van der Waals surface area (Å²) in [4.78, 5) is 25.8. The fraction of sp³-hybridized carbons (Fsp3) is 0.462. The average molecular weight is 426 g/mol. The lowest BCUT2D eigenvalue weighted by molar-refractivity contribution is -0.137. The van der Waals surface area contributed by atoms with Gasteiger partial charge >= 0.3 is 11.9 Å². The number of carbonyl (C=O) groups is 2. The van der Waals surface area contributed by atoms with Crippen LogP contribution in [0.25, 0.3) is 0 Å². The number of benzene rings is 2. The Kier molecular flexibility index (Phi) is 8.66. The van der Waals surface area contributed by atoms with Crippen LogP contribution < -0.4 is 9.64 Å². The quantitative estimate of drug-likeness (QED) is 0.388. The summed E-state index contributed by atoms with van der Waals surface area (Å²) in [5.74, 6) is -1.11. The molecule has 0 saturated heterocycles. The van der Waals surface area contributed by atoms with Crippen molar-refractivity contribution in [1.29, 1.82) is 0 Å². The van der Waals surface area contributed by atoms with Crippen LogP contribution in [0.5, 0.6) is 5.75 Å². The first-order valence-electron chi connectivity index (χ1n) is 11.0. The number of nitrogens with zero attached hydrogens (tertiary/aromatic N) is 1. The molecule has 5 heteroatoms. The number of aromatic carboxylic acids is 1. The fourth-order valence-corrected chi connectivity index (χ4v) is 3.78. The van der Waals surface area contributed by atoms with E-state index >= 15 is 0 Å². The van der Waals surface area contributed by atoms with Gasteiger partial charge in [0, 0.05) is 17.8 Å². The van der Waals surface area contributed by atoms with E-state index in [0.717, 1.165) is 18.4 Å². The molecule has 1 N–H and O–H groups in total. The van der Waals surface area contributed by atoms with Crippen LogP contribution in [0.15, 0.2) is 42.5 Å². The molecule has 31 heavy (non-hydrogen) atoms. The van der Waals surface area contributed by atoms with Gasteiger partial charge in [0.15, 0.2) is 0 Å². The van der Waals surface area contributed by atoms with Crippen molar-refractivity contribution in [3.8, 4) is 5.75 Å². The Morgan fingerprint density at radius 3 is 2.19 bits per heavy atom. The van der Waals surface area contributed by atoms with E-state index in [0.29, 0.717) is 24.3 Å². The second-order valence-corrected chi connectivity index (χ2v) is 8.82. The minimum absolute atomic E-state index is 0.200. The van der Waals surface area contributed by atoms with Gasteiger partial charge in [-0.1, -0.05) is 26.0 Å². The minimum atomic E-state index is -0.988. The van der Waals surface area contributed by atoms with Crippen molar-refractivity contribution in [2.24, 2.45) is 5.92 Å². The van der Waals surface area contributed by atoms with Gasteiger partial charge in [0.25, 0.3) is 0 Å². The highest BCUT2D eigenvalue weighted by Gasteiger charge is 2.16. The fourth-order valence-electron chi connectivity index (χ4n) is 3.78. The number of carbonyl (C=O) groups excluding carboxylic acids is 1. The highest BCUT2D eigenvalue weighted by atomic mass is 16.5. The van der Waals surface area contributed by atoms with Crippen LogP contribution in [-0.2, 0) is 17.6 Å². The van der Waals surface area contributed by atoms with Gasteiger partial charge in [0.1, 0.15) is 5.75 Å². The molecule has 0 aliphatic heterocycles. The van der Waals surface area contributed by atoms with E-state index in [2.05, 4.69) is 56.9 Å². The van der Waals surface area contributed by atoms with Crippen LogP contribution in [0.4, 0.5) is 5.69 Å². The van der Waals surface area contributed by atoms with Gasteiger partial charge in [-0.3, -0.25) is 4.79 Å². The number of carboxylic acids is 1. The standard InChI is InChI=1S/C26H35NO4/c1-17(2)26(30)31-24-14-13-22(25(28)29)16-21(24)11-7-9-20-10-8-12-23(15-20)27(18(3)4)19(5)6/h8,10,12-19H,7,9,11H2,1-6H3,(H,28,29). The molecule has 0 amide bonds. The second kappa shape index (κ2) is 11.0. The number of ether oxygens (including phenoxy) is 1. The van der Waals surface area contributed by atoms with E-state index in [1.165, 1.54) is 17.3 Å². The second-order valence-electron chi connectivity index (χ2n) is 8.82. The van der Waals surface area contributed by atoms with Gasteiger partial charge in [-0.2, -0.15) is 0 Å². The molecule has 0 bridgehead atoms. The highest BCUT2D eigenvalue weighted by Crippen LogP contribution is 2.25. The molecule has 2 aromatic rings. The van der Waals surface area contributed by atoms with Crippen molar-refractivity contribution in [2.75, 3.05) is 4.90 Å². The average Bonchev–Trinajstić information content (AvgIpc) is 2.68. The van der Waals surface area contributed by atoms with Crippen LogP contribution in [0.3, 0.4) is 0 Å². The molecular weight excluding hydrogens is 390 g/mol. The topological polar surface area (TPSA) is 66.8 Å². The molecule has 0 aliphatic rings. The Balaban J connectivity index is 2.15. The van der Waals surface area contributed by atoms with Crippen LogP contribution in [0, 0.1) is 5.92 Å². The number of anilines is 1. The highest BCUT2D eigenvalue weighted by molar-refractivity contribution is 5.88. The third kappa shape index (κ3) is 6.84. The molecule has 0 heterocycles. The third-order valence-electron chi connectivity index (χ3n) is 5.22. The first kappa shape index (κ1) is 24.4. The summed E-state index contributed by atoms with van der Waals surface area (Å²) in [6.07, 6.45) is 2.30. The van der Waals surface area contributed by atoms with Crippen molar-refractivity contribution >= 4 is 17.6 Å². The lowest BCUT2D eigenvalue weighted by Crippen LogP contribution is -2.36. The van der Waals surface area contributed by atoms with E-state index in [-0.39, 0.29) is 17.5 Å². The van der Waals surface area contributed by atoms with E-state index in [9.17, 15) is 14.7 Å². The molecule has 0 atom stereocenters. The Morgan fingerprint density at radius 1 is 0.935 bits per heavy atom. The summed E-state index contributed by atoms with van der Waals surface area (Å²) < 4.78 is 5.51. The molecule has 0 unspecified atom stereocenters. The molecule has 0 radical (unpaired) electrons. The summed E-state index contributed by atoms with van der Waals surface area (Å²) in [6.45, 7) is 12.3. The maximum atomic E-state index is 12.0. The molecular formula is C26H35NO4. The SMILES string of the molecule is CC(C)C(=O)Oc1ccc(C(=O)O)cc1CCCc1cccc(N(C(C)C)C(C)C)c1. The molecule has 0 spiro atoms. The molecule has 0 fully saturated rings. The predicted octanol–water partition coefficient (Wildman–Crippen LogP) is 5.74. The van der Waals surface area contributed by atoms with Gasteiger partial charge < -0.3 is 14.7 Å². The maximum Gasteiger partial charge on any atom is 0.335 e. The van der Waals surface area contributed by atoms with Gasteiger partial charge in [-0.25, -0.2) is 4.79 Å². The molecule has 5 nitrogen and oxygen atoms in total. The summed E-state index contributed by atoms with van der Waals surface area (Å²) in [5, 5.41) is 9.33. The zero-order valence-electron chi connectivity index (χ0n) is 19.5. The first-order chi connectivity index (χ1) is 14.6. The van der Waals surface area contributed by atoms with Gasteiger partial charge in [0.05, 0.1) is 11.5 Å². The lowest BCUT2D eigenvalue weighted by atomic mass is 10.0. The van der Waals surface area contributed by atoms with Crippen LogP contribution in [0.2, 0.25) is 0 Å². The van der Waals surface area contributed by atoms with Crippen molar-refractivity contribution in [2.45, 2.75) is 72.9 Å². The number of esters is 1. The normalized spacial score (nSPS) is 11.3. The lowest BCUT2D eigenvalue weighted by Gasteiger charge is -2.33. The van der Waals surface area contributed by atoms with Gasteiger partial charge in [-0.15, -0.1) is 0 Å². The predicted molar refractivity (Wildman–Crippen MR) is 125 cm³/mol. The summed E-state index contributed by atoms with van der Waals surface area (Å²) in [6, 6.07) is 14.1. The number of rotatable bonds is 10. The Hall–Kier alpha value is -2.82. The van der Waals surface area contributed by atoms with Crippen molar-refractivity contribution < 1.29 is 19.4 Å². The van der Waals surface area contributed by atoms with Crippen LogP contribution in [-0.4, -0.2) is 29.1 Å². The van der Waals surface area contributed by atoms with Gasteiger partial charge in [-0.05, 0) is 88.4 Å².